The predicted molar refractivity (Wildman–Crippen MR) is 60.6 cm³/mol. The Kier molecular flexibility index (Phi) is 3.82. The first-order valence-electron chi connectivity index (χ1n) is 5.40. The average molecular weight is 215 g/mol. The minimum Gasteiger partial charge on any atom is -0.402 e. The van der Waals surface area contributed by atoms with Crippen LogP contribution < -0.4 is 5.73 Å². The van der Waals surface area contributed by atoms with Crippen molar-refractivity contribution in [3.63, 3.8) is 0 Å². The third-order valence-corrected chi connectivity index (χ3v) is 3.28. The molecule has 5 heteroatoms. The van der Waals surface area contributed by atoms with Crippen molar-refractivity contribution in [1.29, 1.82) is 0 Å². The first kappa shape index (κ1) is 13.0. The van der Waals surface area contributed by atoms with Crippen LogP contribution in [0.5, 0.6) is 0 Å². The van der Waals surface area contributed by atoms with Gasteiger partial charge in [-0.1, -0.05) is 0 Å². The molecule has 1 unspecified atom stereocenters. The SMILES string of the molecule is COCCC(N)B1OC(C)(C)C(C)(C)O1. The number of nitrogens with two attached hydrogens (primary N) is 1. The third-order valence-electron chi connectivity index (χ3n) is 3.28. The van der Waals surface area contributed by atoms with Crippen molar-refractivity contribution in [2.45, 2.75) is 51.3 Å². The highest BCUT2D eigenvalue weighted by atomic mass is 16.7. The van der Waals surface area contributed by atoms with Crippen LogP contribution in [0.4, 0.5) is 0 Å². The molecule has 15 heavy (non-hydrogen) atoms. The number of hydrogen-bond donors (Lipinski definition) is 1. The second-order valence-corrected chi connectivity index (χ2v) is 5.07. The molecule has 1 saturated heterocycles. The highest BCUT2D eigenvalue weighted by Crippen LogP contribution is 2.37. The summed E-state index contributed by atoms with van der Waals surface area (Å²) in [5.41, 5.74) is 5.37. The molecule has 0 aromatic rings. The first-order valence-corrected chi connectivity index (χ1v) is 5.40. The zero-order valence-corrected chi connectivity index (χ0v) is 10.4. The Bertz CT molecular complexity index is 205. The van der Waals surface area contributed by atoms with E-state index in [1.165, 1.54) is 0 Å². The second-order valence-electron chi connectivity index (χ2n) is 5.07. The van der Waals surface area contributed by atoms with E-state index in [1.54, 1.807) is 7.11 Å². The summed E-state index contributed by atoms with van der Waals surface area (Å²) in [5.74, 6) is -0.133. The molecular formula is C10H22BNO3. The van der Waals surface area contributed by atoms with Gasteiger partial charge < -0.3 is 19.8 Å². The van der Waals surface area contributed by atoms with Crippen LogP contribution in [-0.4, -0.2) is 38.0 Å². The smallest absolute Gasteiger partial charge is 0.402 e. The highest BCUT2D eigenvalue weighted by Gasteiger charge is 2.52. The van der Waals surface area contributed by atoms with Crippen molar-refractivity contribution >= 4 is 7.12 Å². The van der Waals surface area contributed by atoms with Crippen LogP contribution in [0.15, 0.2) is 0 Å². The molecule has 88 valence electrons. The lowest BCUT2D eigenvalue weighted by atomic mass is 9.77. The summed E-state index contributed by atoms with van der Waals surface area (Å²) >= 11 is 0. The Labute approximate surface area is 92.6 Å². The summed E-state index contributed by atoms with van der Waals surface area (Å²) in [6, 6.07) is 0. The quantitative estimate of drug-likeness (QED) is 0.710. The minimum absolute atomic E-state index is 0.133. The van der Waals surface area contributed by atoms with Gasteiger partial charge >= 0.3 is 7.12 Å². The molecule has 0 aliphatic carbocycles. The number of methoxy groups -OCH3 is 1. The van der Waals surface area contributed by atoms with Gasteiger partial charge in [0.05, 0.1) is 11.2 Å². The maximum atomic E-state index is 5.98. The molecule has 0 aromatic heterocycles. The molecule has 1 atom stereocenters. The van der Waals surface area contributed by atoms with E-state index in [0.717, 1.165) is 6.42 Å². The van der Waals surface area contributed by atoms with E-state index in [2.05, 4.69) is 0 Å². The maximum absolute atomic E-state index is 5.98. The molecule has 1 heterocycles. The topological polar surface area (TPSA) is 53.7 Å². The molecule has 1 aliphatic rings. The average Bonchev–Trinajstić information content (AvgIpc) is 2.32. The molecule has 1 aliphatic heterocycles. The Balaban J connectivity index is 2.54. The van der Waals surface area contributed by atoms with Gasteiger partial charge in [0.15, 0.2) is 0 Å². The van der Waals surface area contributed by atoms with Gasteiger partial charge in [0, 0.05) is 19.7 Å². The van der Waals surface area contributed by atoms with Crippen LogP contribution >= 0.6 is 0 Å². The zero-order chi connectivity index (χ0) is 11.7. The van der Waals surface area contributed by atoms with Crippen LogP contribution in [0.1, 0.15) is 34.1 Å². The molecule has 2 N–H and O–H groups in total. The molecule has 0 aromatic carbocycles. The fraction of sp³-hybridized carbons (Fsp3) is 1.00. The van der Waals surface area contributed by atoms with E-state index >= 15 is 0 Å². The normalized spacial score (nSPS) is 25.6. The van der Waals surface area contributed by atoms with Crippen LogP contribution in [0.25, 0.3) is 0 Å². The fourth-order valence-corrected chi connectivity index (χ4v) is 1.45. The van der Waals surface area contributed by atoms with Gasteiger partial charge in [0.1, 0.15) is 0 Å². The largest absolute Gasteiger partial charge is 0.475 e. The molecule has 0 saturated carbocycles. The van der Waals surface area contributed by atoms with Crippen molar-refractivity contribution in [2.75, 3.05) is 13.7 Å². The van der Waals surface area contributed by atoms with Gasteiger partial charge in [-0.25, -0.2) is 0 Å². The lowest BCUT2D eigenvalue weighted by Gasteiger charge is -2.32. The number of ether oxygens (including phenoxy) is 1. The Morgan fingerprint density at radius 3 is 2.07 bits per heavy atom. The molecular weight excluding hydrogens is 193 g/mol. The van der Waals surface area contributed by atoms with E-state index in [0.29, 0.717) is 6.61 Å². The van der Waals surface area contributed by atoms with Gasteiger partial charge in [-0.05, 0) is 34.1 Å². The Morgan fingerprint density at radius 1 is 1.20 bits per heavy atom. The minimum atomic E-state index is -0.329. The number of rotatable bonds is 4. The Hall–Kier alpha value is -0.0951. The van der Waals surface area contributed by atoms with Gasteiger partial charge in [-0.3, -0.25) is 0 Å². The lowest BCUT2D eigenvalue weighted by Crippen LogP contribution is -2.42. The predicted octanol–water partition coefficient (Wildman–Crippen LogP) is 0.982. The second kappa shape index (κ2) is 4.41. The van der Waals surface area contributed by atoms with E-state index in [-0.39, 0.29) is 24.3 Å². The standard InChI is InChI=1S/C10H22BNO3/c1-9(2)10(3,4)15-11(14-9)8(12)6-7-13-5/h8H,6-7,12H2,1-5H3. The summed E-state index contributed by atoms with van der Waals surface area (Å²) in [7, 11) is 1.34. The summed E-state index contributed by atoms with van der Waals surface area (Å²) < 4.78 is 16.6. The molecule has 1 rings (SSSR count). The molecule has 0 spiro atoms. The van der Waals surface area contributed by atoms with Crippen molar-refractivity contribution in [3.8, 4) is 0 Å². The molecule has 4 nitrogen and oxygen atoms in total. The number of hydrogen-bond acceptors (Lipinski definition) is 4. The molecule has 0 amide bonds. The highest BCUT2D eigenvalue weighted by molar-refractivity contribution is 6.47. The zero-order valence-electron chi connectivity index (χ0n) is 10.4. The Morgan fingerprint density at radius 2 is 1.67 bits per heavy atom. The van der Waals surface area contributed by atoms with Crippen LogP contribution in [0, 0.1) is 0 Å². The van der Waals surface area contributed by atoms with Crippen LogP contribution in [0.3, 0.4) is 0 Å². The van der Waals surface area contributed by atoms with Crippen LogP contribution in [-0.2, 0) is 14.0 Å². The summed E-state index contributed by atoms with van der Waals surface area (Å²) in [4.78, 5) is 0. The summed E-state index contributed by atoms with van der Waals surface area (Å²) in [5, 5.41) is 0. The first-order chi connectivity index (χ1) is 6.80. The van der Waals surface area contributed by atoms with Gasteiger partial charge in [-0.2, -0.15) is 0 Å². The van der Waals surface area contributed by atoms with Crippen molar-refractivity contribution in [3.05, 3.63) is 0 Å². The van der Waals surface area contributed by atoms with E-state index in [4.69, 9.17) is 19.8 Å². The lowest BCUT2D eigenvalue weighted by molar-refractivity contribution is 0.00578. The summed E-state index contributed by atoms with van der Waals surface area (Å²) in [6.07, 6.45) is 0.743. The van der Waals surface area contributed by atoms with E-state index in [9.17, 15) is 0 Å². The fourth-order valence-electron chi connectivity index (χ4n) is 1.45. The third kappa shape index (κ3) is 2.72. The van der Waals surface area contributed by atoms with Crippen molar-refractivity contribution in [2.24, 2.45) is 5.73 Å². The van der Waals surface area contributed by atoms with Gasteiger partial charge in [0.2, 0.25) is 0 Å². The van der Waals surface area contributed by atoms with Crippen molar-refractivity contribution in [1.82, 2.24) is 0 Å². The van der Waals surface area contributed by atoms with E-state index in [1.807, 2.05) is 27.7 Å². The maximum Gasteiger partial charge on any atom is 0.475 e. The van der Waals surface area contributed by atoms with Crippen LogP contribution in [0.2, 0.25) is 0 Å². The van der Waals surface area contributed by atoms with Crippen molar-refractivity contribution < 1.29 is 14.0 Å². The monoisotopic (exact) mass is 215 g/mol. The molecule has 0 radical (unpaired) electrons. The van der Waals surface area contributed by atoms with Gasteiger partial charge in [-0.15, -0.1) is 0 Å². The molecule has 1 fully saturated rings. The van der Waals surface area contributed by atoms with E-state index < -0.39 is 0 Å². The summed E-state index contributed by atoms with van der Waals surface area (Å²) in [6.45, 7) is 8.73. The van der Waals surface area contributed by atoms with Gasteiger partial charge in [0.25, 0.3) is 0 Å². The molecule has 0 bridgehead atoms.